The molecule has 0 unspecified atom stereocenters. The average Bonchev–Trinajstić information content (AvgIpc) is 3.00. The number of benzene rings is 1. The Kier molecular flexibility index (Phi) is 5.19. The molecule has 0 aliphatic heterocycles. The minimum Gasteiger partial charge on any atom is -0.422 e. The summed E-state index contributed by atoms with van der Waals surface area (Å²) < 4.78 is 6.27. The predicted molar refractivity (Wildman–Crippen MR) is 108 cm³/mol. The molecule has 0 spiro atoms. The number of carbonyl (C=O) groups is 1. The SMILES string of the molecule is Cc1ccc2oc(=O)c3cc(C(=O)N(CC(C)C)CC(C)C)sc3c2c1. The van der Waals surface area contributed by atoms with Gasteiger partial charge >= 0.3 is 5.63 Å². The van der Waals surface area contributed by atoms with Crippen LogP contribution in [0.4, 0.5) is 0 Å². The summed E-state index contributed by atoms with van der Waals surface area (Å²) in [6.45, 7) is 11.8. The quantitative estimate of drug-likeness (QED) is 0.588. The minimum absolute atomic E-state index is 0.00574. The first-order valence-corrected chi connectivity index (χ1v) is 9.84. The Bertz CT molecular complexity index is 1000. The van der Waals surface area contributed by atoms with E-state index in [1.807, 2.05) is 30.0 Å². The number of rotatable bonds is 5. The molecule has 138 valence electrons. The van der Waals surface area contributed by atoms with Crippen molar-refractivity contribution in [3.63, 3.8) is 0 Å². The second kappa shape index (κ2) is 7.23. The van der Waals surface area contributed by atoms with E-state index in [0.717, 1.165) is 15.6 Å². The van der Waals surface area contributed by atoms with Gasteiger partial charge in [0.05, 0.1) is 15.0 Å². The second-order valence-corrected chi connectivity index (χ2v) is 8.79. The molecular weight excluding hydrogens is 346 g/mol. The zero-order chi connectivity index (χ0) is 19.0. The summed E-state index contributed by atoms with van der Waals surface area (Å²) in [5.41, 5.74) is 1.27. The molecule has 4 nitrogen and oxygen atoms in total. The number of amides is 1. The summed E-state index contributed by atoms with van der Waals surface area (Å²) >= 11 is 1.39. The molecule has 0 radical (unpaired) electrons. The van der Waals surface area contributed by atoms with Crippen molar-refractivity contribution >= 4 is 38.3 Å². The topological polar surface area (TPSA) is 50.5 Å². The van der Waals surface area contributed by atoms with Gasteiger partial charge in [0.15, 0.2) is 0 Å². The second-order valence-electron chi connectivity index (χ2n) is 7.74. The zero-order valence-electron chi connectivity index (χ0n) is 16.0. The number of hydrogen-bond donors (Lipinski definition) is 0. The van der Waals surface area contributed by atoms with Gasteiger partial charge < -0.3 is 9.32 Å². The van der Waals surface area contributed by atoms with Gasteiger partial charge in [-0.3, -0.25) is 4.79 Å². The van der Waals surface area contributed by atoms with Crippen LogP contribution >= 0.6 is 11.3 Å². The predicted octanol–water partition coefficient (Wildman–Crippen LogP) is 5.07. The van der Waals surface area contributed by atoms with E-state index in [0.29, 0.717) is 40.8 Å². The van der Waals surface area contributed by atoms with Gasteiger partial charge in [0.1, 0.15) is 5.58 Å². The van der Waals surface area contributed by atoms with E-state index in [9.17, 15) is 9.59 Å². The molecule has 0 saturated carbocycles. The molecule has 0 atom stereocenters. The summed E-state index contributed by atoms with van der Waals surface area (Å²) in [5, 5.41) is 1.38. The third kappa shape index (κ3) is 3.68. The fourth-order valence-electron chi connectivity index (χ4n) is 3.19. The number of hydrogen-bond acceptors (Lipinski definition) is 4. The Balaban J connectivity index is 2.11. The highest BCUT2D eigenvalue weighted by molar-refractivity contribution is 7.21. The highest BCUT2D eigenvalue weighted by Crippen LogP contribution is 2.32. The standard InChI is InChI=1S/C21H25NO3S/c1-12(2)10-22(11-13(3)4)20(23)18-9-16-19(26-18)15-8-14(5)6-7-17(15)25-21(16)24/h6-9,12-13H,10-11H2,1-5H3. The summed E-state index contributed by atoms with van der Waals surface area (Å²) in [4.78, 5) is 28.0. The first-order valence-electron chi connectivity index (χ1n) is 9.02. The first kappa shape index (κ1) is 18.6. The molecule has 3 aromatic rings. The van der Waals surface area contributed by atoms with Gasteiger partial charge in [0.2, 0.25) is 0 Å². The van der Waals surface area contributed by atoms with Crippen LogP contribution in [0.25, 0.3) is 21.1 Å². The molecule has 3 rings (SSSR count). The smallest absolute Gasteiger partial charge is 0.345 e. The molecule has 0 fully saturated rings. The van der Waals surface area contributed by atoms with Gasteiger partial charge in [-0.1, -0.05) is 39.3 Å². The Labute approximate surface area is 157 Å². The molecule has 0 bridgehead atoms. The molecule has 2 aromatic heterocycles. The van der Waals surface area contributed by atoms with Crippen LogP contribution in [0.15, 0.2) is 33.5 Å². The lowest BCUT2D eigenvalue weighted by atomic mass is 10.1. The van der Waals surface area contributed by atoms with Crippen molar-refractivity contribution in [2.75, 3.05) is 13.1 Å². The molecule has 26 heavy (non-hydrogen) atoms. The van der Waals surface area contributed by atoms with E-state index in [1.54, 1.807) is 6.07 Å². The Hall–Kier alpha value is -2.14. The van der Waals surface area contributed by atoms with Crippen LogP contribution in [-0.2, 0) is 0 Å². The molecule has 0 saturated heterocycles. The summed E-state index contributed by atoms with van der Waals surface area (Å²) in [5.74, 6) is 0.773. The van der Waals surface area contributed by atoms with Crippen LogP contribution in [-0.4, -0.2) is 23.9 Å². The van der Waals surface area contributed by atoms with E-state index in [4.69, 9.17) is 4.42 Å². The zero-order valence-corrected chi connectivity index (χ0v) is 16.8. The van der Waals surface area contributed by atoms with Crippen LogP contribution in [0.1, 0.15) is 42.9 Å². The van der Waals surface area contributed by atoms with E-state index >= 15 is 0 Å². The fourth-order valence-corrected chi connectivity index (χ4v) is 4.33. The largest absolute Gasteiger partial charge is 0.422 e. The van der Waals surface area contributed by atoms with Crippen molar-refractivity contribution in [2.24, 2.45) is 11.8 Å². The average molecular weight is 372 g/mol. The van der Waals surface area contributed by atoms with Crippen LogP contribution in [0.3, 0.4) is 0 Å². The minimum atomic E-state index is -0.383. The number of thiophene rings is 1. The van der Waals surface area contributed by atoms with Crippen LogP contribution < -0.4 is 5.63 Å². The van der Waals surface area contributed by atoms with Gasteiger partial charge in [0.25, 0.3) is 5.91 Å². The van der Waals surface area contributed by atoms with Crippen LogP contribution in [0.2, 0.25) is 0 Å². The highest BCUT2D eigenvalue weighted by atomic mass is 32.1. The summed E-state index contributed by atoms with van der Waals surface area (Å²) in [7, 11) is 0. The van der Waals surface area contributed by atoms with E-state index in [2.05, 4.69) is 27.7 Å². The van der Waals surface area contributed by atoms with Gasteiger partial charge in [0, 0.05) is 18.5 Å². The molecule has 5 heteroatoms. The number of nitrogens with zero attached hydrogens (tertiary/aromatic N) is 1. The Morgan fingerprint density at radius 1 is 1.08 bits per heavy atom. The van der Waals surface area contributed by atoms with Crippen LogP contribution in [0, 0.1) is 18.8 Å². The highest BCUT2D eigenvalue weighted by Gasteiger charge is 2.22. The monoisotopic (exact) mass is 371 g/mol. The van der Waals surface area contributed by atoms with Crippen molar-refractivity contribution in [1.29, 1.82) is 0 Å². The fraction of sp³-hybridized carbons (Fsp3) is 0.429. The summed E-state index contributed by atoms with van der Waals surface area (Å²) in [6.07, 6.45) is 0. The van der Waals surface area contributed by atoms with Crippen molar-refractivity contribution in [1.82, 2.24) is 4.90 Å². The number of carbonyl (C=O) groups excluding carboxylic acids is 1. The molecule has 0 N–H and O–H groups in total. The number of aryl methyl sites for hydroxylation is 1. The van der Waals surface area contributed by atoms with Gasteiger partial charge in [-0.05, 0) is 37.0 Å². The van der Waals surface area contributed by atoms with Gasteiger partial charge in [-0.2, -0.15) is 0 Å². The Morgan fingerprint density at radius 3 is 2.35 bits per heavy atom. The normalized spacial score (nSPS) is 11.8. The third-order valence-electron chi connectivity index (χ3n) is 4.20. The van der Waals surface area contributed by atoms with E-state index in [-0.39, 0.29) is 11.5 Å². The summed E-state index contributed by atoms with van der Waals surface area (Å²) in [6, 6.07) is 7.44. The molecule has 2 heterocycles. The molecule has 0 aliphatic carbocycles. The van der Waals surface area contributed by atoms with Crippen LogP contribution in [0.5, 0.6) is 0 Å². The molecular formula is C21H25NO3S. The lowest BCUT2D eigenvalue weighted by Gasteiger charge is -2.25. The maximum absolute atomic E-state index is 13.1. The first-order chi connectivity index (χ1) is 12.3. The lowest BCUT2D eigenvalue weighted by molar-refractivity contribution is 0.0720. The molecule has 1 amide bonds. The maximum atomic E-state index is 13.1. The molecule has 1 aromatic carbocycles. The van der Waals surface area contributed by atoms with Crippen molar-refractivity contribution in [2.45, 2.75) is 34.6 Å². The van der Waals surface area contributed by atoms with Crippen molar-refractivity contribution in [3.8, 4) is 0 Å². The third-order valence-corrected chi connectivity index (χ3v) is 5.36. The number of fused-ring (bicyclic) bond motifs is 3. The van der Waals surface area contributed by atoms with Gasteiger partial charge in [-0.15, -0.1) is 11.3 Å². The van der Waals surface area contributed by atoms with E-state index < -0.39 is 0 Å². The van der Waals surface area contributed by atoms with Crippen molar-refractivity contribution in [3.05, 3.63) is 45.1 Å². The maximum Gasteiger partial charge on any atom is 0.345 e. The van der Waals surface area contributed by atoms with Gasteiger partial charge in [-0.25, -0.2) is 4.79 Å². The van der Waals surface area contributed by atoms with E-state index in [1.165, 1.54) is 11.3 Å². The lowest BCUT2D eigenvalue weighted by Crippen LogP contribution is -2.36. The van der Waals surface area contributed by atoms with Crippen molar-refractivity contribution < 1.29 is 9.21 Å². The Morgan fingerprint density at radius 2 is 1.73 bits per heavy atom. The molecule has 0 aliphatic rings.